The minimum atomic E-state index is -0.507. The largest absolute Gasteiger partial charge is 0.506 e. The quantitative estimate of drug-likeness (QED) is 0.534. The van der Waals surface area contributed by atoms with Crippen molar-refractivity contribution in [3.63, 3.8) is 0 Å². The molecule has 1 aliphatic heterocycles. The maximum absolute atomic E-state index is 12.3. The highest BCUT2D eigenvalue weighted by Gasteiger charge is 2.28. The molecule has 1 heterocycles. The molecular weight excluding hydrogens is 428 g/mol. The Bertz CT molecular complexity index is 859. The number of nitrogens with one attached hydrogen (secondary N) is 1. The highest BCUT2D eigenvalue weighted by Crippen LogP contribution is 2.32. The van der Waals surface area contributed by atoms with Crippen LogP contribution in [0.3, 0.4) is 0 Å². The summed E-state index contributed by atoms with van der Waals surface area (Å²) < 4.78 is 10.5. The highest BCUT2D eigenvalue weighted by molar-refractivity contribution is 9.10. The lowest BCUT2D eigenvalue weighted by Crippen LogP contribution is -2.32. The number of hydrogen-bond donors (Lipinski definition) is 2. The summed E-state index contributed by atoms with van der Waals surface area (Å²) in [5.41, 5.74) is 1.65. The van der Waals surface area contributed by atoms with Gasteiger partial charge in [-0.15, -0.1) is 0 Å². The molecule has 0 spiro atoms. The number of benzene rings is 2. The molecule has 2 aromatic rings. The van der Waals surface area contributed by atoms with Crippen LogP contribution in [-0.2, 0) is 16.1 Å². The molecule has 1 saturated heterocycles. The first-order valence-electron chi connectivity index (χ1n) is 8.81. The Morgan fingerprint density at radius 3 is 2.75 bits per heavy atom. The van der Waals surface area contributed by atoms with E-state index in [1.54, 1.807) is 4.90 Å². The SMILES string of the molecule is COC(=O)c1cc(NC2CCN(C(=O)OCc3ccccc3)C2)c(O)cc1Br. The predicted molar refractivity (Wildman–Crippen MR) is 107 cm³/mol. The molecule has 1 aliphatic rings. The van der Waals surface area contributed by atoms with Gasteiger partial charge in [0.05, 0.1) is 18.4 Å². The van der Waals surface area contributed by atoms with Crippen LogP contribution in [0.15, 0.2) is 46.9 Å². The zero-order valence-corrected chi connectivity index (χ0v) is 16.9. The van der Waals surface area contributed by atoms with E-state index in [-0.39, 0.29) is 24.5 Å². The molecule has 8 heteroatoms. The van der Waals surface area contributed by atoms with Gasteiger partial charge < -0.3 is 24.8 Å². The van der Waals surface area contributed by atoms with Gasteiger partial charge in [0, 0.05) is 23.6 Å². The molecule has 28 heavy (non-hydrogen) atoms. The van der Waals surface area contributed by atoms with Gasteiger partial charge in [-0.25, -0.2) is 9.59 Å². The molecule has 0 saturated carbocycles. The van der Waals surface area contributed by atoms with Crippen LogP contribution in [0, 0.1) is 0 Å². The zero-order chi connectivity index (χ0) is 20.1. The Balaban J connectivity index is 1.58. The molecule has 2 N–H and O–H groups in total. The second-order valence-corrected chi connectivity index (χ2v) is 7.31. The third kappa shape index (κ3) is 4.75. The monoisotopic (exact) mass is 448 g/mol. The third-order valence-corrected chi connectivity index (χ3v) is 5.16. The number of likely N-dealkylation sites (tertiary alicyclic amines) is 1. The topological polar surface area (TPSA) is 88.1 Å². The van der Waals surface area contributed by atoms with E-state index in [1.807, 2.05) is 30.3 Å². The number of aromatic hydroxyl groups is 1. The molecule has 7 nitrogen and oxygen atoms in total. The lowest BCUT2D eigenvalue weighted by atomic mass is 10.1. The van der Waals surface area contributed by atoms with Crippen molar-refractivity contribution in [2.45, 2.75) is 19.1 Å². The lowest BCUT2D eigenvalue weighted by molar-refractivity contribution is 0.0599. The Morgan fingerprint density at radius 1 is 1.29 bits per heavy atom. The number of methoxy groups -OCH3 is 1. The van der Waals surface area contributed by atoms with Gasteiger partial charge in [0.2, 0.25) is 0 Å². The van der Waals surface area contributed by atoms with Gasteiger partial charge in [-0.3, -0.25) is 0 Å². The van der Waals surface area contributed by atoms with Crippen LogP contribution in [0.25, 0.3) is 0 Å². The van der Waals surface area contributed by atoms with E-state index in [1.165, 1.54) is 19.2 Å². The number of hydrogen-bond acceptors (Lipinski definition) is 6. The van der Waals surface area contributed by atoms with E-state index in [0.717, 1.165) is 5.56 Å². The molecule has 0 aromatic heterocycles. The van der Waals surface area contributed by atoms with Gasteiger partial charge in [0.15, 0.2) is 0 Å². The first-order valence-corrected chi connectivity index (χ1v) is 9.60. The fourth-order valence-corrected chi connectivity index (χ4v) is 3.51. The van der Waals surface area contributed by atoms with Crippen LogP contribution in [-0.4, -0.2) is 48.3 Å². The third-order valence-electron chi connectivity index (χ3n) is 4.50. The summed E-state index contributed by atoms with van der Waals surface area (Å²) in [5, 5.41) is 13.4. The second-order valence-electron chi connectivity index (χ2n) is 6.46. The molecule has 1 amide bonds. The van der Waals surface area contributed by atoms with Crippen LogP contribution in [0.5, 0.6) is 5.75 Å². The summed E-state index contributed by atoms with van der Waals surface area (Å²) in [5.74, 6) is -0.503. The van der Waals surface area contributed by atoms with Crippen molar-refractivity contribution >= 4 is 33.7 Å². The number of phenolic OH excluding ortho intramolecular Hbond substituents is 1. The average Bonchev–Trinajstić information content (AvgIpc) is 3.17. The summed E-state index contributed by atoms with van der Waals surface area (Å²) in [7, 11) is 1.30. The van der Waals surface area contributed by atoms with Crippen molar-refractivity contribution < 1.29 is 24.2 Å². The minimum absolute atomic E-state index is 0.00429. The van der Waals surface area contributed by atoms with Crippen LogP contribution in [0.4, 0.5) is 10.5 Å². The number of anilines is 1. The minimum Gasteiger partial charge on any atom is -0.506 e. The molecule has 1 unspecified atom stereocenters. The van der Waals surface area contributed by atoms with E-state index in [4.69, 9.17) is 9.47 Å². The molecule has 2 aromatic carbocycles. The zero-order valence-electron chi connectivity index (χ0n) is 15.4. The van der Waals surface area contributed by atoms with Gasteiger partial charge in [-0.05, 0) is 40.0 Å². The number of amides is 1. The lowest BCUT2D eigenvalue weighted by Gasteiger charge is -2.18. The van der Waals surface area contributed by atoms with Crippen molar-refractivity contribution in [2.24, 2.45) is 0 Å². The van der Waals surface area contributed by atoms with E-state index in [9.17, 15) is 14.7 Å². The number of carbonyl (C=O) groups is 2. The summed E-state index contributed by atoms with van der Waals surface area (Å²) >= 11 is 3.24. The van der Waals surface area contributed by atoms with Crippen molar-refractivity contribution in [1.29, 1.82) is 0 Å². The van der Waals surface area contributed by atoms with E-state index < -0.39 is 5.97 Å². The van der Waals surface area contributed by atoms with Crippen LogP contribution < -0.4 is 5.32 Å². The van der Waals surface area contributed by atoms with E-state index in [0.29, 0.717) is 35.2 Å². The molecule has 0 aliphatic carbocycles. The van der Waals surface area contributed by atoms with Gasteiger partial charge >= 0.3 is 12.1 Å². The second kappa shape index (κ2) is 8.97. The number of carbonyl (C=O) groups excluding carboxylic acids is 2. The Kier molecular flexibility index (Phi) is 6.41. The molecule has 0 radical (unpaired) electrons. The summed E-state index contributed by atoms with van der Waals surface area (Å²) in [6, 6.07) is 12.4. The standard InChI is InChI=1S/C20H21BrN2O5/c1-27-19(25)15-9-17(18(24)10-16(15)21)22-14-7-8-23(11-14)20(26)28-12-13-5-3-2-4-6-13/h2-6,9-10,14,22,24H,7-8,11-12H2,1H3. The normalized spacial score (nSPS) is 15.9. The summed E-state index contributed by atoms with van der Waals surface area (Å²) in [6.45, 7) is 1.22. The number of ether oxygens (including phenoxy) is 2. The van der Waals surface area contributed by atoms with E-state index >= 15 is 0 Å². The number of halogens is 1. The fraction of sp³-hybridized carbons (Fsp3) is 0.300. The average molecular weight is 449 g/mol. The first kappa shape index (κ1) is 20.0. The maximum atomic E-state index is 12.3. The van der Waals surface area contributed by atoms with Gasteiger partial charge in [0.1, 0.15) is 12.4 Å². The van der Waals surface area contributed by atoms with E-state index in [2.05, 4.69) is 21.2 Å². The first-order chi connectivity index (χ1) is 13.5. The number of nitrogens with zero attached hydrogens (tertiary/aromatic N) is 1. The van der Waals surface area contributed by atoms with Crippen molar-refractivity contribution in [3.8, 4) is 5.75 Å². The van der Waals surface area contributed by atoms with Crippen molar-refractivity contribution in [1.82, 2.24) is 4.90 Å². The van der Waals surface area contributed by atoms with Crippen molar-refractivity contribution in [3.05, 3.63) is 58.1 Å². The smallest absolute Gasteiger partial charge is 0.410 e. The van der Waals surface area contributed by atoms with Gasteiger partial charge in [0.25, 0.3) is 0 Å². The van der Waals surface area contributed by atoms with Crippen molar-refractivity contribution in [2.75, 3.05) is 25.5 Å². The molecule has 0 bridgehead atoms. The number of rotatable bonds is 5. The van der Waals surface area contributed by atoms with Crippen LogP contribution in [0.1, 0.15) is 22.3 Å². The summed E-state index contributed by atoms with van der Waals surface area (Å²) in [4.78, 5) is 25.7. The fourth-order valence-electron chi connectivity index (χ4n) is 3.02. The maximum Gasteiger partial charge on any atom is 0.410 e. The Hall–Kier alpha value is -2.74. The predicted octanol–water partition coefficient (Wildman–Crippen LogP) is 3.76. The Morgan fingerprint density at radius 2 is 2.04 bits per heavy atom. The van der Waals surface area contributed by atoms with Gasteiger partial charge in [-0.1, -0.05) is 30.3 Å². The Labute approximate surface area is 171 Å². The summed E-state index contributed by atoms with van der Waals surface area (Å²) in [6.07, 6.45) is 0.326. The number of phenols is 1. The molecular formula is C20H21BrN2O5. The molecule has 1 atom stereocenters. The molecule has 1 fully saturated rings. The number of esters is 1. The molecule has 148 valence electrons. The van der Waals surface area contributed by atoms with Crippen LogP contribution >= 0.6 is 15.9 Å². The highest BCUT2D eigenvalue weighted by atomic mass is 79.9. The van der Waals surface area contributed by atoms with Gasteiger partial charge in [-0.2, -0.15) is 0 Å². The van der Waals surface area contributed by atoms with Crippen LogP contribution in [0.2, 0.25) is 0 Å². The molecule has 3 rings (SSSR count).